The molecule has 2 saturated heterocycles. The first-order valence-corrected chi connectivity index (χ1v) is 11.5. The van der Waals surface area contributed by atoms with Gasteiger partial charge in [0.1, 0.15) is 4.83 Å². The molecule has 0 N–H and O–H groups in total. The van der Waals surface area contributed by atoms with Crippen molar-refractivity contribution in [1.29, 1.82) is 0 Å². The second-order valence-electron chi connectivity index (χ2n) is 7.87. The second-order valence-corrected chi connectivity index (χ2v) is 9.34. The van der Waals surface area contributed by atoms with E-state index < -0.39 is 0 Å². The first-order valence-electron chi connectivity index (χ1n) is 10.4. The summed E-state index contributed by atoms with van der Waals surface area (Å²) < 4.78 is 13.4. The average Bonchev–Trinajstić information content (AvgIpc) is 3.49. The molecule has 3 aromatic rings. The average molecular weight is 446 g/mol. The summed E-state index contributed by atoms with van der Waals surface area (Å²) in [4.78, 5) is 17.2. The van der Waals surface area contributed by atoms with Crippen LogP contribution in [-0.4, -0.2) is 52.7 Å². The van der Waals surface area contributed by atoms with Crippen LogP contribution in [0.3, 0.4) is 0 Å². The molecule has 1 aromatic carbocycles. The molecule has 4 heterocycles. The van der Waals surface area contributed by atoms with E-state index in [1.54, 1.807) is 0 Å². The Morgan fingerprint density at radius 1 is 1.23 bits per heavy atom. The molecule has 2 fully saturated rings. The molecule has 2 aliphatic rings. The van der Waals surface area contributed by atoms with Crippen LogP contribution >= 0.6 is 22.9 Å². The van der Waals surface area contributed by atoms with Crippen LogP contribution < -0.4 is 0 Å². The molecule has 6 nitrogen and oxygen atoms in total. The lowest BCUT2D eigenvalue weighted by molar-refractivity contribution is -0.100. The molecule has 0 radical (unpaired) electrons. The number of ether oxygens (including phenoxy) is 2. The number of thiophene rings is 1. The summed E-state index contributed by atoms with van der Waals surface area (Å²) in [6.07, 6.45) is 2.73. The Bertz CT molecular complexity index is 1060. The Labute approximate surface area is 184 Å². The zero-order chi connectivity index (χ0) is 20.7. The topological polar surface area (TPSA) is 56.6 Å². The lowest BCUT2D eigenvalue weighted by Crippen LogP contribution is -2.50. The van der Waals surface area contributed by atoms with Gasteiger partial charge in [-0.15, -0.1) is 11.3 Å². The molecule has 1 atom stereocenters. The van der Waals surface area contributed by atoms with E-state index in [1.807, 2.05) is 46.8 Å². The standard InChI is InChI=1S/C22H24ClN3O3S/c1-14-17-12-19(20(27)25-9-3-2-4-18(25)22-28-10-11-29-22)30-21(17)26(24-14)13-15-5-7-16(23)8-6-15/h5-8,12,18,22H,2-4,9-11,13H2,1H3. The third kappa shape index (κ3) is 3.75. The van der Waals surface area contributed by atoms with Gasteiger partial charge in [-0.25, -0.2) is 0 Å². The number of benzene rings is 1. The highest BCUT2D eigenvalue weighted by atomic mass is 35.5. The van der Waals surface area contributed by atoms with Crippen LogP contribution in [0.2, 0.25) is 5.02 Å². The number of piperidine rings is 1. The van der Waals surface area contributed by atoms with Gasteiger partial charge in [0.05, 0.1) is 36.4 Å². The molecule has 2 aliphatic heterocycles. The van der Waals surface area contributed by atoms with Crippen LogP contribution in [-0.2, 0) is 16.0 Å². The number of aryl methyl sites for hydroxylation is 1. The zero-order valence-corrected chi connectivity index (χ0v) is 18.4. The minimum Gasteiger partial charge on any atom is -0.348 e. The molecular weight excluding hydrogens is 422 g/mol. The van der Waals surface area contributed by atoms with Crippen LogP contribution in [0.25, 0.3) is 10.2 Å². The Hall–Kier alpha value is -1.93. The SMILES string of the molecule is Cc1nn(Cc2ccc(Cl)cc2)c2sc(C(=O)N3CCCCC3C3OCCO3)cc12. The van der Waals surface area contributed by atoms with E-state index in [2.05, 4.69) is 5.10 Å². The molecule has 8 heteroatoms. The van der Waals surface area contributed by atoms with Gasteiger partial charge in [0, 0.05) is 17.0 Å². The summed E-state index contributed by atoms with van der Waals surface area (Å²) in [6, 6.07) is 9.76. The number of rotatable bonds is 4. The number of amides is 1. The van der Waals surface area contributed by atoms with Crippen LogP contribution in [0.5, 0.6) is 0 Å². The van der Waals surface area contributed by atoms with Crippen LogP contribution in [0.15, 0.2) is 30.3 Å². The quantitative estimate of drug-likeness (QED) is 0.594. The molecule has 158 valence electrons. The molecule has 0 bridgehead atoms. The van der Waals surface area contributed by atoms with Crippen molar-refractivity contribution in [3.63, 3.8) is 0 Å². The van der Waals surface area contributed by atoms with Crippen molar-refractivity contribution in [2.75, 3.05) is 19.8 Å². The first kappa shape index (κ1) is 20.0. The summed E-state index contributed by atoms with van der Waals surface area (Å²) in [7, 11) is 0. The number of likely N-dealkylation sites (tertiary alicyclic amines) is 1. The molecule has 1 amide bonds. The number of carbonyl (C=O) groups is 1. The van der Waals surface area contributed by atoms with Gasteiger partial charge in [-0.3, -0.25) is 9.48 Å². The van der Waals surface area contributed by atoms with Crippen molar-refractivity contribution in [2.45, 2.75) is 45.1 Å². The van der Waals surface area contributed by atoms with Crippen LogP contribution in [0.1, 0.15) is 40.2 Å². The van der Waals surface area contributed by atoms with Crippen molar-refractivity contribution in [1.82, 2.24) is 14.7 Å². The van der Waals surface area contributed by atoms with Gasteiger partial charge in [-0.2, -0.15) is 5.10 Å². The lowest BCUT2D eigenvalue weighted by Gasteiger charge is -2.37. The summed E-state index contributed by atoms with van der Waals surface area (Å²) in [5, 5.41) is 6.45. The molecular formula is C22H24ClN3O3S. The Balaban J connectivity index is 1.42. The molecule has 0 saturated carbocycles. The van der Waals surface area contributed by atoms with E-state index in [-0.39, 0.29) is 18.2 Å². The third-order valence-electron chi connectivity index (χ3n) is 5.84. The number of hydrogen-bond donors (Lipinski definition) is 0. The van der Waals surface area contributed by atoms with E-state index in [0.29, 0.717) is 19.8 Å². The fraction of sp³-hybridized carbons (Fsp3) is 0.455. The summed E-state index contributed by atoms with van der Waals surface area (Å²) >= 11 is 7.52. The fourth-order valence-electron chi connectivity index (χ4n) is 4.32. The van der Waals surface area contributed by atoms with Crippen LogP contribution in [0.4, 0.5) is 0 Å². The number of halogens is 1. The second kappa shape index (κ2) is 8.30. The van der Waals surface area contributed by atoms with Gasteiger partial charge < -0.3 is 14.4 Å². The van der Waals surface area contributed by atoms with E-state index in [4.69, 9.17) is 21.1 Å². The summed E-state index contributed by atoms with van der Waals surface area (Å²) in [5.74, 6) is 0.0671. The number of hydrogen-bond acceptors (Lipinski definition) is 5. The minimum absolute atomic E-state index is 0.00868. The number of fused-ring (bicyclic) bond motifs is 1. The predicted molar refractivity (Wildman–Crippen MR) is 117 cm³/mol. The normalized spacial score (nSPS) is 20.3. The van der Waals surface area contributed by atoms with E-state index in [1.165, 1.54) is 11.3 Å². The van der Waals surface area contributed by atoms with E-state index in [0.717, 1.165) is 57.2 Å². The molecule has 0 aliphatic carbocycles. The van der Waals surface area contributed by atoms with Gasteiger partial charge >= 0.3 is 0 Å². The van der Waals surface area contributed by atoms with Crippen molar-refractivity contribution in [2.24, 2.45) is 0 Å². The monoisotopic (exact) mass is 445 g/mol. The predicted octanol–water partition coefficient (Wildman–Crippen LogP) is 4.48. The Kier molecular flexibility index (Phi) is 5.54. The van der Waals surface area contributed by atoms with E-state index >= 15 is 0 Å². The van der Waals surface area contributed by atoms with Crippen molar-refractivity contribution < 1.29 is 14.3 Å². The highest BCUT2D eigenvalue weighted by Crippen LogP contribution is 2.32. The molecule has 1 unspecified atom stereocenters. The van der Waals surface area contributed by atoms with Gasteiger partial charge in [0.15, 0.2) is 6.29 Å². The minimum atomic E-state index is -0.300. The maximum atomic E-state index is 13.4. The smallest absolute Gasteiger partial charge is 0.264 e. The van der Waals surface area contributed by atoms with E-state index in [9.17, 15) is 4.79 Å². The number of nitrogens with zero attached hydrogens (tertiary/aromatic N) is 3. The van der Waals surface area contributed by atoms with Gasteiger partial charge in [-0.05, 0) is 49.9 Å². The third-order valence-corrected chi connectivity index (χ3v) is 7.22. The van der Waals surface area contributed by atoms with Gasteiger partial charge in [-0.1, -0.05) is 23.7 Å². The van der Waals surface area contributed by atoms with Gasteiger partial charge in [0.25, 0.3) is 5.91 Å². The highest BCUT2D eigenvalue weighted by molar-refractivity contribution is 7.20. The highest BCUT2D eigenvalue weighted by Gasteiger charge is 2.37. The molecule has 2 aromatic heterocycles. The Morgan fingerprint density at radius 3 is 2.77 bits per heavy atom. The van der Waals surface area contributed by atoms with Crippen molar-refractivity contribution >= 4 is 39.1 Å². The summed E-state index contributed by atoms with van der Waals surface area (Å²) in [6.45, 7) is 4.59. The number of carbonyl (C=O) groups excluding carboxylic acids is 1. The van der Waals surface area contributed by atoms with Crippen LogP contribution in [0, 0.1) is 6.92 Å². The maximum Gasteiger partial charge on any atom is 0.264 e. The summed E-state index contributed by atoms with van der Waals surface area (Å²) in [5.41, 5.74) is 2.06. The molecule has 5 rings (SSSR count). The van der Waals surface area contributed by atoms with Crippen molar-refractivity contribution in [3.8, 4) is 0 Å². The van der Waals surface area contributed by atoms with Crippen molar-refractivity contribution in [3.05, 3.63) is 51.5 Å². The fourth-order valence-corrected chi connectivity index (χ4v) is 5.56. The maximum absolute atomic E-state index is 13.4. The van der Waals surface area contributed by atoms with Gasteiger partial charge in [0.2, 0.25) is 0 Å². The lowest BCUT2D eigenvalue weighted by atomic mass is 10.0. The first-order chi connectivity index (χ1) is 14.6. The molecule has 0 spiro atoms. The largest absolute Gasteiger partial charge is 0.348 e. The number of aromatic nitrogens is 2. The Morgan fingerprint density at radius 2 is 2.00 bits per heavy atom. The molecule has 30 heavy (non-hydrogen) atoms. The zero-order valence-electron chi connectivity index (χ0n) is 16.8.